The van der Waals surface area contributed by atoms with Gasteiger partial charge in [-0.2, -0.15) is 0 Å². The molecule has 2 atom stereocenters. The second-order valence-electron chi connectivity index (χ2n) is 3.86. The molecule has 0 spiro atoms. The van der Waals surface area contributed by atoms with Gasteiger partial charge < -0.3 is 4.74 Å². The first-order valence-electron chi connectivity index (χ1n) is 5.04. The van der Waals surface area contributed by atoms with Crippen LogP contribution in [-0.2, 0) is 4.74 Å². The van der Waals surface area contributed by atoms with E-state index in [4.69, 9.17) is 4.74 Å². The normalized spacial score (nSPS) is 30.5. The van der Waals surface area contributed by atoms with Crippen LogP contribution in [0.5, 0.6) is 0 Å². The van der Waals surface area contributed by atoms with Crippen LogP contribution in [0.15, 0.2) is 0 Å². The summed E-state index contributed by atoms with van der Waals surface area (Å²) in [6.45, 7) is 11.0. The lowest BCUT2D eigenvalue weighted by Crippen LogP contribution is -2.43. The van der Waals surface area contributed by atoms with Gasteiger partial charge in [-0.15, -0.1) is 0 Å². The zero-order valence-corrected chi connectivity index (χ0v) is 8.71. The number of likely N-dealkylation sites (N-methyl/N-ethyl adjacent to an activating group) is 1. The predicted octanol–water partition coefficient (Wildman–Crippen LogP) is 1.89. The molecule has 0 aromatic carbocycles. The van der Waals surface area contributed by atoms with Gasteiger partial charge in [0, 0.05) is 18.7 Å². The largest absolute Gasteiger partial charge is 0.377 e. The molecule has 2 unspecified atom stereocenters. The summed E-state index contributed by atoms with van der Waals surface area (Å²) in [6.07, 6.45) is 1.63. The fourth-order valence-electron chi connectivity index (χ4n) is 2.14. The zero-order chi connectivity index (χ0) is 9.14. The summed E-state index contributed by atoms with van der Waals surface area (Å²) in [5.41, 5.74) is 0. The van der Waals surface area contributed by atoms with Crippen molar-refractivity contribution in [3.05, 3.63) is 0 Å². The number of nitrogens with zero attached hydrogens (tertiary/aromatic N) is 1. The van der Waals surface area contributed by atoms with Gasteiger partial charge in [0.2, 0.25) is 0 Å². The van der Waals surface area contributed by atoms with Gasteiger partial charge in [0.15, 0.2) is 0 Å². The van der Waals surface area contributed by atoms with E-state index in [0.29, 0.717) is 18.2 Å². The molecule has 1 saturated heterocycles. The highest BCUT2D eigenvalue weighted by molar-refractivity contribution is 4.83. The molecule has 1 fully saturated rings. The number of rotatable bonds is 3. The van der Waals surface area contributed by atoms with Crippen molar-refractivity contribution in [2.24, 2.45) is 0 Å². The van der Waals surface area contributed by atoms with Gasteiger partial charge in [-0.05, 0) is 33.7 Å². The van der Waals surface area contributed by atoms with Gasteiger partial charge in [0.1, 0.15) is 0 Å². The third-order valence-electron chi connectivity index (χ3n) is 2.79. The van der Waals surface area contributed by atoms with Crippen molar-refractivity contribution < 1.29 is 4.74 Å². The second kappa shape index (κ2) is 4.24. The highest BCUT2D eigenvalue weighted by atomic mass is 16.5. The predicted molar refractivity (Wildman–Crippen MR) is 51.3 cm³/mol. The fraction of sp³-hybridized carbons (Fsp3) is 1.00. The molecule has 0 N–H and O–H groups in total. The minimum Gasteiger partial charge on any atom is -0.377 e. The van der Waals surface area contributed by atoms with E-state index < -0.39 is 0 Å². The number of ether oxygens (including phenoxy) is 1. The average Bonchev–Trinajstić information content (AvgIpc) is 2.38. The van der Waals surface area contributed by atoms with Crippen LogP contribution in [0.4, 0.5) is 0 Å². The van der Waals surface area contributed by atoms with Crippen molar-refractivity contribution in [2.75, 3.05) is 13.2 Å². The molecule has 0 bridgehead atoms. The molecular weight excluding hydrogens is 150 g/mol. The molecule has 1 heterocycles. The second-order valence-corrected chi connectivity index (χ2v) is 3.86. The maximum absolute atomic E-state index is 5.56. The van der Waals surface area contributed by atoms with Crippen LogP contribution < -0.4 is 0 Å². The Kier molecular flexibility index (Phi) is 3.53. The fourth-order valence-corrected chi connectivity index (χ4v) is 2.14. The van der Waals surface area contributed by atoms with E-state index in [1.165, 1.54) is 6.42 Å². The molecule has 2 heteroatoms. The Morgan fingerprint density at radius 2 is 2.17 bits per heavy atom. The lowest BCUT2D eigenvalue weighted by molar-refractivity contribution is 0.0632. The van der Waals surface area contributed by atoms with Crippen LogP contribution in [0.25, 0.3) is 0 Å². The molecule has 0 aromatic rings. The monoisotopic (exact) mass is 171 g/mol. The molecule has 12 heavy (non-hydrogen) atoms. The van der Waals surface area contributed by atoms with E-state index in [0.717, 1.165) is 13.2 Å². The molecule has 1 rings (SSSR count). The Morgan fingerprint density at radius 1 is 1.50 bits per heavy atom. The van der Waals surface area contributed by atoms with Crippen LogP contribution in [0.1, 0.15) is 34.1 Å². The molecule has 1 aliphatic rings. The summed E-state index contributed by atoms with van der Waals surface area (Å²) in [6, 6.07) is 1.29. The third-order valence-corrected chi connectivity index (χ3v) is 2.79. The van der Waals surface area contributed by atoms with E-state index in [2.05, 4.69) is 32.6 Å². The lowest BCUT2D eigenvalue weighted by atomic mass is 10.1. The zero-order valence-electron chi connectivity index (χ0n) is 8.71. The Hall–Kier alpha value is -0.0800. The van der Waals surface area contributed by atoms with Gasteiger partial charge in [0.05, 0.1) is 6.10 Å². The summed E-state index contributed by atoms with van der Waals surface area (Å²) in [5.74, 6) is 0. The van der Waals surface area contributed by atoms with Crippen LogP contribution in [-0.4, -0.2) is 36.2 Å². The summed E-state index contributed by atoms with van der Waals surface area (Å²) >= 11 is 0. The molecule has 2 nitrogen and oxygen atoms in total. The van der Waals surface area contributed by atoms with E-state index >= 15 is 0 Å². The van der Waals surface area contributed by atoms with Crippen molar-refractivity contribution in [1.29, 1.82) is 0 Å². The average molecular weight is 171 g/mol. The van der Waals surface area contributed by atoms with E-state index in [1.807, 2.05) is 0 Å². The minimum atomic E-state index is 0.423. The molecule has 0 aromatic heterocycles. The maximum Gasteiger partial charge on any atom is 0.0703 e. The smallest absolute Gasteiger partial charge is 0.0703 e. The first-order valence-corrected chi connectivity index (χ1v) is 5.04. The van der Waals surface area contributed by atoms with Gasteiger partial charge in [-0.25, -0.2) is 0 Å². The molecule has 72 valence electrons. The molecular formula is C10H21NO. The minimum absolute atomic E-state index is 0.423. The van der Waals surface area contributed by atoms with Crippen LogP contribution >= 0.6 is 0 Å². The highest BCUT2D eigenvalue weighted by Gasteiger charge is 2.30. The van der Waals surface area contributed by atoms with Crippen molar-refractivity contribution in [2.45, 2.75) is 52.3 Å². The Labute approximate surface area is 75.9 Å². The third kappa shape index (κ3) is 1.99. The van der Waals surface area contributed by atoms with Gasteiger partial charge in [0.25, 0.3) is 0 Å². The van der Waals surface area contributed by atoms with Crippen molar-refractivity contribution in [3.63, 3.8) is 0 Å². The molecule has 0 aliphatic carbocycles. The standard InChI is InChI=1S/C10H21NO/c1-5-11(8(2)3)10-6-7-12-9(10)4/h8-10H,5-7H2,1-4H3. The Balaban J connectivity index is 2.52. The SMILES string of the molecule is CCN(C(C)C)C1CCOC1C. The first kappa shape index (κ1) is 10.0. The van der Waals surface area contributed by atoms with Gasteiger partial charge in [-0.1, -0.05) is 6.92 Å². The number of hydrogen-bond acceptors (Lipinski definition) is 2. The first-order chi connectivity index (χ1) is 5.66. The van der Waals surface area contributed by atoms with Gasteiger partial charge in [-0.3, -0.25) is 4.90 Å². The molecule has 1 aliphatic heterocycles. The maximum atomic E-state index is 5.56. The Morgan fingerprint density at radius 3 is 2.50 bits per heavy atom. The van der Waals surface area contributed by atoms with Crippen LogP contribution in [0, 0.1) is 0 Å². The van der Waals surface area contributed by atoms with E-state index in [9.17, 15) is 0 Å². The topological polar surface area (TPSA) is 12.5 Å². The van der Waals surface area contributed by atoms with Crippen molar-refractivity contribution >= 4 is 0 Å². The summed E-state index contributed by atoms with van der Waals surface area (Å²) in [5, 5.41) is 0. The Bertz CT molecular complexity index is 136. The summed E-state index contributed by atoms with van der Waals surface area (Å²) < 4.78 is 5.56. The summed E-state index contributed by atoms with van der Waals surface area (Å²) in [7, 11) is 0. The van der Waals surface area contributed by atoms with Gasteiger partial charge >= 0.3 is 0 Å². The molecule has 0 amide bonds. The van der Waals surface area contributed by atoms with E-state index in [-0.39, 0.29) is 0 Å². The molecule has 0 radical (unpaired) electrons. The lowest BCUT2D eigenvalue weighted by Gasteiger charge is -2.32. The number of hydrogen-bond donors (Lipinski definition) is 0. The highest BCUT2D eigenvalue weighted by Crippen LogP contribution is 2.20. The van der Waals surface area contributed by atoms with Crippen molar-refractivity contribution in [3.8, 4) is 0 Å². The van der Waals surface area contributed by atoms with Crippen molar-refractivity contribution in [1.82, 2.24) is 4.90 Å². The van der Waals surface area contributed by atoms with E-state index in [1.54, 1.807) is 0 Å². The summed E-state index contributed by atoms with van der Waals surface area (Å²) in [4.78, 5) is 2.53. The van der Waals surface area contributed by atoms with Crippen LogP contribution in [0.3, 0.4) is 0 Å². The molecule has 0 saturated carbocycles. The van der Waals surface area contributed by atoms with Crippen LogP contribution in [0.2, 0.25) is 0 Å². The quantitative estimate of drug-likeness (QED) is 0.643.